The lowest BCUT2D eigenvalue weighted by molar-refractivity contribution is 0.669. The van der Waals surface area contributed by atoms with E-state index in [0.29, 0.717) is 0 Å². The highest BCUT2D eigenvalue weighted by Crippen LogP contribution is 2.49. The Morgan fingerprint density at radius 1 is 0.422 bits per heavy atom. The second-order valence-electron chi connectivity index (χ2n) is 11.7. The van der Waals surface area contributed by atoms with Gasteiger partial charge in [0.05, 0.1) is 22.4 Å². The number of hydrogen-bond acceptors (Lipinski definition) is 2. The van der Waals surface area contributed by atoms with Crippen molar-refractivity contribution in [2.75, 3.05) is 0 Å². The van der Waals surface area contributed by atoms with Crippen LogP contribution in [0.2, 0.25) is 0 Å². The number of furan rings is 1. The molecule has 1 aliphatic carbocycles. The molecule has 45 heavy (non-hydrogen) atoms. The van der Waals surface area contributed by atoms with Gasteiger partial charge < -0.3 is 4.42 Å². The summed E-state index contributed by atoms with van der Waals surface area (Å²) in [6.07, 6.45) is 0. The Hall–Kier alpha value is -6.13. The van der Waals surface area contributed by atoms with Crippen molar-refractivity contribution in [3.8, 4) is 44.8 Å². The standard InChI is InChI=1S/C41H24N2O2/c44-41-42(26-9-2-1-3-10-26)36-15-6-7-16-37(36)43(41)27-18-22-39-35(24-27)34-23-25(17-21-38(34)45-39)28-19-20-33-30-12-5-4-11-29(30)32-14-8-13-31(28)40(32)33/h1-24H. The fourth-order valence-electron chi connectivity index (χ4n) is 7.36. The van der Waals surface area contributed by atoms with E-state index in [-0.39, 0.29) is 5.69 Å². The van der Waals surface area contributed by atoms with Crippen LogP contribution in [-0.2, 0) is 0 Å². The third-order valence-electron chi connectivity index (χ3n) is 9.33. The van der Waals surface area contributed by atoms with Crippen molar-refractivity contribution in [1.82, 2.24) is 9.13 Å². The summed E-state index contributed by atoms with van der Waals surface area (Å²) in [6.45, 7) is 0. The Morgan fingerprint density at radius 2 is 1.02 bits per heavy atom. The lowest BCUT2D eigenvalue weighted by Crippen LogP contribution is -2.21. The minimum Gasteiger partial charge on any atom is -0.456 e. The van der Waals surface area contributed by atoms with Gasteiger partial charge in [0.2, 0.25) is 0 Å². The summed E-state index contributed by atoms with van der Waals surface area (Å²) >= 11 is 0. The van der Waals surface area contributed by atoms with Crippen LogP contribution in [0.1, 0.15) is 0 Å². The summed E-state index contributed by atoms with van der Waals surface area (Å²) in [5.41, 5.74) is 12.4. The number of hydrogen-bond donors (Lipinski definition) is 0. The molecule has 0 aliphatic heterocycles. The van der Waals surface area contributed by atoms with Gasteiger partial charge in [0, 0.05) is 10.8 Å². The average Bonchev–Trinajstić information content (AvgIpc) is 3.72. The first-order valence-corrected chi connectivity index (χ1v) is 15.2. The molecule has 10 rings (SSSR count). The first-order valence-electron chi connectivity index (χ1n) is 15.2. The summed E-state index contributed by atoms with van der Waals surface area (Å²) in [5, 5.41) is 4.56. The highest BCUT2D eigenvalue weighted by molar-refractivity contribution is 6.19. The van der Waals surface area contributed by atoms with Crippen LogP contribution < -0.4 is 5.69 Å². The second kappa shape index (κ2) is 8.94. The van der Waals surface area contributed by atoms with Gasteiger partial charge in [0.25, 0.3) is 0 Å². The fraction of sp³-hybridized carbons (Fsp3) is 0. The zero-order chi connectivity index (χ0) is 29.6. The van der Waals surface area contributed by atoms with Crippen LogP contribution in [0, 0.1) is 0 Å². The first-order chi connectivity index (χ1) is 22.2. The molecular formula is C41H24N2O2. The zero-order valence-corrected chi connectivity index (χ0v) is 24.1. The van der Waals surface area contributed by atoms with Gasteiger partial charge in [-0.15, -0.1) is 0 Å². The van der Waals surface area contributed by atoms with Crippen LogP contribution in [0.4, 0.5) is 0 Å². The summed E-state index contributed by atoms with van der Waals surface area (Å²) in [6, 6.07) is 50.0. The Kier molecular flexibility index (Phi) is 4.83. The van der Waals surface area contributed by atoms with Crippen molar-refractivity contribution >= 4 is 43.7 Å². The molecule has 2 aromatic heterocycles. The number of benzene rings is 7. The predicted molar refractivity (Wildman–Crippen MR) is 184 cm³/mol. The lowest BCUT2D eigenvalue weighted by Gasteiger charge is -2.10. The van der Waals surface area contributed by atoms with E-state index in [1.807, 2.05) is 66.7 Å². The fourth-order valence-corrected chi connectivity index (χ4v) is 7.36. The Morgan fingerprint density at radius 3 is 1.80 bits per heavy atom. The normalized spacial score (nSPS) is 12.1. The number of imidazole rings is 1. The maximum atomic E-state index is 14.0. The van der Waals surface area contributed by atoms with Crippen LogP contribution in [0.25, 0.3) is 88.5 Å². The van der Waals surface area contributed by atoms with Gasteiger partial charge in [0.1, 0.15) is 11.2 Å². The van der Waals surface area contributed by atoms with Gasteiger partial charge in [-0.2, -0.15) is 0 Å². The van der Waals surface area contributed by atoms with E-state index >= 15 is 0 Å². The minimum atomic E-state index is -0.107. The predicted octanol–water partition coefficient (Wildman–Crippen LogP) is 10.1. The van der Waals surface area contributed by atoms with E-state index in [4.69, 9.17) is 4.42 Å². The molecule has 9 aromatic rings. The Balaban J connectivity index is 1.18. The molecule has 0 bridgehead atoms. The maximum absolute atomic E-state index is 14.0. The quantitative estimate of drug-likeness (QED) is 0.210. The van der Waals surface area contributed by atoms with Crippen LogP contribution >= 0.6 is 0 Å². The van der Waals surface area contributed by atoms with Crippen LogP contribution in [0.15, 0.2) is 155 Å². The topological polar surface area (TPSA) is 40.1 Å². The molecule has 7 aromatic carbocycles. The molecule has 1 aliphatic rings. The maximum Gasteiger partial charge on any atom is 0.338 e. The molecule has 2 heterocycles. The van der Waals surface area contributed by atoms with Crippen LogP contribution in [-0.4, -0.2) is 9.13 Å². The highest BCUT2D eigenvalue weighted by atomic mass is 16.3. The Bertz CT molecular complexity index is 2700. The molecule has 0 saturated carbocycles. The zero-order valence-electron chi connectivity index (χ0n) is 24.1. The van der Waals surface area contributed by atoms with Crippen molar-refractivity contribution in [2.24, 2.45) is 0 Å². The van der Waals surface area contributed by atoms with Crippen molar-refractivity contribution < 1.29 is 4.42 Å². The molecule has 4 heteroatoms. The summed E-state index contributed by atoms with van der Waals surface area (Å²) in [4.78, 5) is 14.0. The smallest absolute Gasteiger partial charge is 0.338 e. The molecule has 0 spiro atoms. The van der Waals surface area contributed by atoms with E-state index in [1.54, 1.807) is 9.13 Å². The molecular weight excluding hydrogens is 552 g/mol. The van der Waals surface area contributed by atoms with Crippen LogP contribution in [0.5, 0.6) is 0 Å². The molecule has 210 valence electrons. The third-order valence-corrected chi connectivity index (χ3v) is 9.33. The summed E-state index contributed by atoms with van der Waals surface area (Å²) in [5.74, 6) is 0. The molecule has 0 N–H and O–H groups in total. The van der Waals surface area contributed by atoms with E-state index in [0.717, 1.165) is 49.9 Å². The molecule has 0 atom stereocenters. The largest absolute Gasteiger partial charge is 0.456 e. The summed E-state index contributed by atoms with van der Waals surface area (Å²) in [7, 11) is 0. The highest BCUT2D eigenvalue weighted by Gasteiger charge is 2.23. The lowest BCUT2D eigenvalue weighted by atomic mass is 9.93. The van der Waals surface area contributed by atoms with Gasteiger partial charge >= 0.3 is 5.69 Å². The van der Waals surface area contributed by atoms with Crippen molar-refractivity contribution in [3.63, 3.8) is 0 Å². The van der Waals surface area contributed by atoms with E-state index < -0.39 is 0 Å². The molecule has 0 saturated heterocycles. The van der Waals surface area contributed by atoms with Gasteiger partial charge in [0.15, 0.2) is 0 Å². The van der Waals surface area contributed by atoms with Gasteiger partial charge in [-0.3, -0.25) is 9.13 Å². The number of aromatic nitrogens is 2. The van der Waals surface area contributed by atoms with E-state index in [2.05, 4.69) is 78.9 Å². The van der Waals surface area contributed by atoms with Crippen molar-refractivity contribution in [1.29, 1.82) is 0 Å². The first kappa shape index (κ1) is 24.3. The van der Waals surface area contributed by atoms with E-state index in [9.17, 15) is 4.79 Å². The average molecular weight is 577 g/mol. The summed E-state index contributed by atoms with van der Waals surface area (Å²) < 4.78 is 9.89. The second-order valence-corrected chi connectivity index (χ2v) is 11.7. The molecule has 0 unspecified atom stereocenters. The monoisotopic (exact) mass is 576 g/mol. The van der Waals surface area contributed by atoms with Gasteiger partial charge in [-0.25, -0.2) is 4.79 Å². The molecule has 0 fully saturated rings. The number of rotatable bonds is 3. The van der Waals surface area contributed by atoms with Gasteiger partial charge in [-0.1, -0.05) is 91.0 Å². The van der Waals surface area contributed by atoms with Gasteiger partial charge in [-0.05, 0) is 98.8 Å². The van der Waals surface area contributed by atoms with Crippen molar-refractivity contribution in [3.05, 3.63) is 156 Å². The minimum absolute atomic E-state index is 0.107. The molecule has 0 amide bonds. The SMILES string of the molecule is O=c1n(-c2ccccc2)c2ccccc2n1-c1ccc2oc3ccc(-c4ccc5c6c(cccc46)-c4ccccc4-5)cc3c2c1. The third kappa shape index (κ3) is 3.34. The molecule has 4 nitrogen and oxygen atoms in total. The number of para-hydroxylation sites is 3. The number of fused-ring (bicyclic) bond motifs is 7. The van der Waals surface area contributed by atoms with Crippen LogP contribution in [0.3, 0.4) is 0 Å². The molecule has 0 radical (unpaired) electrons. The van der Waals surface area contributed by atoms with E-state index in [1.165, 1.54) is 38.6 Å². The number of nitrogens with zero attached hydrogens (tertiary/aromatic N) is 2. The van der Waals surface area contributed by atoms with Crippen molar-refractivity contribution in [2.45, 2.75) is 0 Å². The Labute approximate surface area is 257 Å².